The molecule has 0 unspecified atom stereocenters. The van der Waals surface area contributed by atoms with Crippen LogP contribution in [0.5, 0.6) is 0 Å². The number of ketones is 1. The van der Waals surface area contributed by atoms with Gasteiger partial charge in [-0.2, -0.15) is 0 Å². The molecule has 2 rings (SSSR count). The quantitative estimate of drug-likeness (QED) is 0.713. The Morgan fingerprint density at radius 2 is 2.38 bits per heavy atom. The zero-order valence-electron chi connectivity index (χ0n) is 6.85. The molecule has 0 aromatic carbocycles. The highest BCUT2D eigenvalue weighted by molar-refractivity contribution is 7.14. The topological polar surface area (TPSA) is 42.9 Å². The van der Waals surface area contributed by atoms with Crippen molar-refractivity contribution in [3.63, 3.8) is 0 Å². The van der Waals surface area contributed by atoms with Gasteiger partial charge < -0.3 is 0 Å². The Kier molecular flexibility index (Phi) is 2.20. The predicted octanol–water partition coefficient (Wildman–Crippen LogP) is 2.14. The van der Waals surface area contributed by atoms with E-state index in [1.54, 1.807) is 17.8 Å². The number of carbonyl (C=O) groups excluding carboxylic acids is 1. The van der Waals surface area contributed by atoms with Crippen LogP contribution in [0.3, 0.4) is 0 Å². The molecule has 0 saturated carbocycles. The fraction of sp³-hybridized carbons (Fsp3) is 0.125. The van der Waals surface area contributed by atoms with Gasteiger partial charge in [0.1, 0.15) is 0 Å². The van der Waals surface area contributed by atoms with Gasteiger partial charge in [-0.15, -0.1) is 11.3 Å². The van der Waals surface area contributed by atoms with Crippen LogP contribution in [-0.4, -0.2) is 15.1 Å². The van der Waals surface area contributed by atoms with Gasteiger partial charge in [-0.25, -0.2) is 9.36 Å². The van der Waals surface area contributed by atoms with E-state index >= 15 is 0 Å². The van der Waals surface area contributed by atoms with Gasteiger partial charge in [-0.1, -0.05) is 0 Å². The summed E-state index contributed by atoms with van der Waals surface area (Å²) >= 11 is 2.59. The molecule has 0 radical (unpaired) electrons. The molecule has 0 aliphatic carbocycles. The molecular weight excluding hydrogens is 204 g/mol. The van der Waals surface area contributed by atoms with Crippen molar-refractivity contribution in [3.8, 4) is 0 Å². The summed E-state index contributed by atoms with van der Waals surface area (Å²) in [5.74, 6) is 0.0301. The van der Waals surface area contributed by atoms with E-state index in [1.807, 2.05) is 6.92 Å². The van der Waals surface area contributed by atoms with Crippen molar-refractivity contribution in [2.24, 2.45) is 0 Å². The van der Waals surface area contributed by atoms with E-state index in [2.05, 4.69) is 9.36 Å². The van der Waals surface area contributed by atoms with Crippen LogP contribution < -0.4 is 0 Å². The molecule has 0 N–H and O–H groups in total. The molecule has 3 nitrogen and oxygen atoms in total. The smallest absolute Gasteiger partial charge is 0.216 e. The van der Waals surface area contributed by atoms with E-state index in [4.69, 9.17) is 0 Å². The normalized spacial score (nSPS) is 10.2. The minimum Gasteiger partial charge on any atom is -0.287 e. The van der Waals surface area contributed by atoms with Crippen molar-refractivity contribution in [2.75, 3.05) is 0 Å². The zero-order chi connectivity index (χ0) is 9.26. The summed E-state index contributed by atoms with van der Waals surface area (Å²) in [5.41, 5.74) is 2.48. The fourth-order valence-electron chi connectivity index (χ4n) is 0.965. The molecule has 0 amide bonds. The van der Waals surface area contributed by atoms with Gasteiger partial charge in [0.2, 0.25) is 5.78 Å². The number of thiazole rings is 1. The summed E-state index contributed by atoms with van der Waals surface area (Å²) in [6, 6.07) is 1.73. The van der Waals surface area contributed by atoms with E-state index < -0.39 is 0 Å². The first-order valence-corrected chi connectivity index (χ1v) is 5.30. The summed E-state index contributed by atoms with van der Waals surface area (Å²) in [7, 11) is 0. The molecule has 2 aromatic heterocycles. The second-order valence-corrected chi connectivity index (χ2v) is 4.16. The standard InChI is InChI=1S/C8H6N2OS2/c1-5-8(12-4-9-5)7(11)6-2-3-10-13-6/h2-4H,1H3. The lowest BCUT2D eigenvalue weighted by atomic mass is 10.2. The molecule has 0 fully saturated rings. The number of hydrogen-bond acceptors (Lipinski definition) is 5. The van der Waals surface area contributed by atoms with Gasteiger partial charge in [-0.3, -0.25) is 4.79 Å². The van der Waals surface area contributed by atoms with Crippen LogP contribution >= 0.6 is 22.9 Å². The Morgan fingerprint density at radius 1 is 1.54 bits per heavy atom. The Labute approximate surface area is 83.2 Å². The minimum absolute atomic E-state index is 0.0301. The second-order valence-electron chi connectivity index (χ2n) is 2.47. The lowest BCUT2D eigenvalue weighted by Gasteiger charge is -1.92. The van der Waals surface area contributed by atoms with Crippen molar-refractivity contribution >= 4 is 28.7 Å². The Hall–Kier alpha value is -1.07. The Morgan fingerprint density at radius 3 is 2.92 bits per heavy atom. The molecule has 0 spiro atoms. The summed E-state index contributed by atoms with van der Waals surface area (Å²) in [5, 5.41) is 0. The molecule has 2 aromatic rings. The van der Waals surface area contributed by atoms with E-state index in [9.17, 15) is 4.79 Å². The molecular formula is C8H6N2OS2. The maximum Gasteiger partial charge on any atom is 0.216 e. The van der Waals surface area contributed by atoms with Crippen molar-refractivity contribution in [3.05, 3.63) is 33.2 Å². The Balaban J connectivity index is 2.39. The van der Waals surface area contributed by atoms with E-state index in [0.717, 1.165) is 5.69 Å². The molecule has 66 valence electrons. The molecule has 5 heteroatoms. The number of aryl methyl sites for hydroxylation is 1. The molecule has 13 heavy (non-hydrogen) atoms. The van der Waals surface area contributed by atoms with Crippen LogP contribution in [0.2, 0.25) is 0 Å². The monoisotopic (exact) mass is 210 g/mol. The summed E-state index contributed by atoms with van der Waals surface area (Å²) in [6.45, 7) is 1.84. The van der Waals surface area contributed by atoms with Crippen LogP contribution in [0.4, 0.5) is 0 Å². The third-order valence-electron chi connectivity index (χ3n) is 1.61. The highest BCUT2D eigenvalue weighted by Gasteiger charge is 2.14. The van der Waals surface area contributed by atoms with Gasteiger partial charge in [0, 0.05) is 6.20 Å². The second kappa shape index (κ2) is 3.35. The Bertz CT molecular complexity index is 419. The van der Waals surface area contributed by atoms with Crippen LogP contribution in [0.1, 0.15) is 20.2 Å². The number of aromatic nitrogens is 2. The first-order chi connectivity index (χ1) is 6.29. The van der Waals surface area contributed by atoms with Crippen LogP contribution in [0.25, 0.3) is 0 Å². The third-order valence-corrected chi connectivity index (χ3v) is 3.29. The fourth-order valence-corrected chi connectivity index (χ4v) is 2.33. The molecule has 0 aliphatic heterocycles. The van der Waals surface area contributed by atoms with Crippen molar-refractivity contribution < 1.29 is 4.79 Å². The molecule has 0 saturated heterocycles. The number of hydrogen-bond donors (Lipinski definition) is 0. The minimum atomic E-state index is 0.0301. The first-order valence-electron chi connectivity index (χ1n) is 3.64. The highest BCUT2D eigenvalue weighted by Crippen LogP contribution is 2.18. The van der Waals surface area contributed by atoms with Crippen molar-refractivity contribution in [2.45, 2.75) is 6.92 Å². The number of rotatable bonds is 2. The number of nitrogens with zero attached hydrogens (tertiary/aromatic N) is 2. The number of carbonyl (C=O) groups is 1. The maximum absolute atomic E-state index is 11.7. The zero-order valence-corrected chi connectivity index (χ0v) is 8.48. The van der Waals surface area contributed by atoms with Gasteiger partial charge >= 0.3 is 0 Å². The van der Waals surface area contributed by atoms with Crippen LogP contribution in [-0.2, 0) is 0 Å². The largest absolute Gasteiger partial charge is 0.287 e. The van der Waals surface area contributed by atoms with Crippen LogP contribution in [0, 0.1) is 6.92 Å². The molecule has 0 atom stereocenters. The highest BCUT2D eigenvalue weighted by atomic mass is 32.1. The third kappa shape index (κ3) is 1.52. The average Bonchev–Trinajstić information content (AvgIpc) is 2.72. The summed E-state index contributed by atoms with van der Waals surface area (Å²) < 4.78 is 3.89. The lowest BCUT2D eigenvalue weighted by Crippen LogP contribution is -1.97. The maximum atomic E-state index is 11.7. The predicted molar refractivity (Wildman–Crippen MR) is 52.4 cm³/mol. The summed E-state index contributed by atoms with van der Waals surface area (Å²) in [6.07, 6.45) is 1.63. The van der Waals surface area contributed by atoms with Crippen molar-refractivity contribution in [1.29, 1.82) is 0 Å². The van der Waals surface area contributed by atoms with E-state index in [1.165, 1.54) is 22.9 Å². The lowest BCUT2D eigenvalue weighted by molar-refractivity contribution is 0.104. The molecule has 2 heterocycles. The average molecular weight is 210 g/mol. The summed E-state index contributed by atoms with van der Waals surface area (Å²) in [4.78, 5) is 17.1. The molecule has 0 bridgehead atoms. The van der Waals surface area contributed by atoms with Gasteiger partial charge in [0.15, 0.2) is 0 Å². The van der Waals surface area contributed by atoms with Crippen LogP contribution in [0.15, 0.2) is 17.8 Å². The SMILES string of the molecule is Cc1ncsc1C(=O)c1ccns1. The molecule has 0 aliphatic rings. The van der Waals surface area contributed by atoms with Gasteiger partial charge in [0.05, 0.1) is 21.0 Å². The van der Waals surface area contributed by atoms with E-state index in [0.29, 0.717) is 9.75 Å². The van der Waals surface area contributed by atoms with Gasteiger partial charge in [-0.05, 0) is 24.5 Å². The van der Waals surface area contributed by atoms with Gasteiger partial charge in [0.25, 0.3) is 0 Å². The van der Waals surface area contributed by atoms with Crippen molar-refractivity contribution in [1.82, 2.24) is 9.36 Å². The first kappa shape index (κ1) is 8.52. The van der Waals surface area contributed by atoms with E-state index in [-0.39, 0.29) is 5.78 Å².